The minimum Gasteiger partial charge on any atom is -0.448 e. The summed E-state index contributed by atoms with van der Waals surface area (Å²) in [6.45, 7) is 0. The Balaban J connectivity index is 2.50. The summed E-state index contributed by atoms with van der Waals surface area (Å²) in [5.41, 5.74) is 0.613. The number of para-hydroxylation sites is 1. The molecule has 0 aliphatic carbocycles. The topological polar surface area (TPSA) is 52.4 Å². The van der Waals surface area contributed by atoms with E-state index in [0.29, 0.717) is 16.1 Å². The van der Waals surface area contributed by atoms with Crippen molar-refractivity contribution in [1.29, 1.82) is 0 Å². The van der Waals surface area contributed by atoms with Gasteiger partial charge in [0.05, 0.1) is 9.95 Å². The molecule has 0 fully saturated rings. The van der Waals surface area contributed by atoms with Crippen molar-refractivity contribution in [3.8, 4) is 11.5 Å². The monoisotopic (exact) mass is 375 g/mol. The van der Waals surface area contributed by atoms with Gasteiger partial charge in [-0.2, -0.15) is 0 Å². The maximum Gasteiger partial charge on any atom is 0.313 e. The summed E-state index contributed by atoms with van der Waals surface area (Å²) < 4.78 is 5.62. The highest BCUT2D eigenvalue weighted by molar-refractivity contribution is 9.08. The van der Waals surface area contributed by atoms with Gasteiger partial charge in [0, 0.05) is 22.0 Å². The van der Waals surface area contributed by atoms with Gasteiger partial charge in [-0.15, -0.1) is 0 Å². The molecule has 0 unspecified atom stereocenters. The van der Waals surface area contributed by atoms with Crippen LogP contribution >= 0.6 is 39.1 Å². The van der Waals surface area contributed by atoms with Gasteiger partial charge in [-0.05, 0) is 18.2 Å². The molecule has 0 amide bonds. The van der Waals surface area contributed by atoms with Crippen LogP contribution in [0.1, 0.15) is 5.56 Å². The predicted octanol–water partition coefficient (Wildman–Crippen LogP) is 5.59. The average Bonchev–Trinajstić information content (AvgIpc) is 2.41. The Morgan fingerprint density at radius 3 is 2.65 bits per heavy atom. The Morgan fingerprint density at radius 2 is 2.00 bits per heavy atom. The second-order valence-corrected chi connectivity index (χ2v) is 5.24. The fourth-order valence-electron chi connectivity index (χ4n) is 1.59. The Labute approximate surface area is 133 Å². The van der Waals surface area contributed by atoms with E-state index < -0.39 is 4.92 Å². The summed E-state index contributed by atoms with van der Waals surface area (Å²) in [5, 5.41) is 12.2. The summed E-state index contributed by atoms with van der Waals surface area (Å²) in [5.74, 6) is 0.425. The van der Waals surface area contributed by atoms with Gasteiger partial charge < -0.3 is 4.74 Å². The SMILES string of the molecule is O=[N+]([O-])c1cccc(Cl)c1Oc1cc(Cl)ccc1CBr. The van der Waals surface area contributed by atoms with Crippen LogP contribution in [0, 0.1) is 10.1 Å². The van der Waals surface area contributed by atoms with Crippen molar-refractivity contribution >= 4 is 44.8 Å². The van der Waals surface area contributed by atoms with E-state index in [4.69, 9.17) is 27.9 Å². The predicted molar refractivity (Wildman–Crippen MR) is 82.3 cm³/mol. The lowest BCUT2D eigenvalue weighted by atomic mass is 10.2. The first kappa shape index (κ1) is 15.1. The first-order chi connectivity index (χ1) is 9.52. The zero-order valence-corrected chi connectivity index (χ0v) is 13.1. The van der Waals surface area contributed by atoms with Crippen LogP contribution in [0.5, 0.6) is 11.5 Å². The second-order valence-electron chi connectivity index (χ2n) is 3.83. The maximum atomic E-state index is 11.0. The van der Waals surface area contributed by atoms with Crippen molar-refractivity contribution in [2.24, 2.45) is 0 Å². The third-order valence-corrected chi connectivity index (χ3v) is 3.66. The Hall–Kier alpha value is -1.30. The summed E-state index contributed by atoms with van der Waals surface area (Å²) in [7, 11) is 0. The zero-order valence-electron chi connectivity index (χ0n) is 9.98. The Morgan fingerprint density at radius 1 is 1.25 bits per heavy atom. The molecule has 0 saturated carbocycles. The van der Waals surface area contributed by atoms with Crippen LogP contribution in [0.3, 0.4) is 0 Å². The van der Waals surface area contributed by atoms with Crippen molar-refractivity contribution in [2.75, 3.05) is 0 Å². The third kappa shape index (κ3) is 3.23. The number of nitro groups is 1. The summed E-state index contributed by atoms with van der Waals surface area (Å²) in [6.07, 6.45) is 0. The number of hydrogen-bond donors (Lipinski definition) is 0. The number of nitro benzene ring substituents is 1. The number of hydrogen-bond acceptors (Lipinski definition) is 3. The molecule has 0 N–H and O–H groups in total. The van der Waals surface area contributed by atoms with E-state index in [0.717, 1.165) is 5.56 Å². The van der Waals surface area contributed by atoms with Crippen molar-refractivity contribution in [3.63, 3.8) is 0 Å². The average molecular weight is 377 g/mol. The fraction of sp³-hybridized carbons (Fsp3) is 0.0769. The number of benzene rings is 2. The highest BCUT2D eigenvalue weighted by atomic mass is 79.9. The van der Waals surface area contributed by atoms with E-state index in [1.807, 2.05) is 0 Å². The molecule has 2 rings (SSSR count). The molecule has 4 nitrogen and oxygen atoms in total. The normalized spacial score (nSPS) is 10.3. The van der Waals surface area contributed by atoms with Crippen molar-refractivity contribution in [1.82, 2.24) is 0 Å². The van der Waals surface area contributed by atoms with Gasteiger partial charge in [-0.3, -0.25) is 10.1 Å². The third-order valence-electron chi connectivity index (χ3n) is 2.53. The molecule has 0 aliphatic heterocycles. The molecule has 0 aromatic heterocycles. The second kappa shape index (κ2) is 6.43. The van der Waals surface area contributed by atoms with Crippen LogP contribution in [0.15, 0.2) is 36.4 Å². The molecule has 0 saturated heterocycles. The summed E-state index contributed by atoms with van der Waals surface area (Å²) >= 11 is 15.2. The fourth-order valence-corrected chi connectivity index (χ4v) is 2.42. The van der Waals surface area contributed by atoms with E-state index in [1.54, 1.807) is 18.2 Å². The van der Waals surface area contributed by atoms with Gasteiger partial charge in [0.25, 0.3) is 0 Å². The number of alkyl halides is 1. The smallest absolute Gasteiger partial charge is 0.313 e. The van der Waals surface area contributed by atoms with Crippen molar-refractivity contribution < 1.29 is 9.66 Å². The Bertz CT molecular complexity index is 664. The highest BCUT2D eigenvalue weighted by Gasteiger charge is 2.20. The molecule has 0 atom stereocenters. The summed E-state index contributed by atoms with van der Waals surface area (Å²) in [4.78, 5) is 10.5. The first-order valence-electron chi connectivity index (χ1n) is 5.48. The van der Waals surface area contributed by atoms with Gasteiger partial charge in [0.15, 0.2) is 0 Å². The van der Waals surface area contributed by atoms with Gasteiger partial charge >= 0.3 is 5.69 Å². The van der Waals surface area contributed by atoms with Crippen LogP contribution < -0.4 is 4.74 Å². The Kier molecular flexibility index (Phi) is 4.86. The number of ether oxygens (including phenoxy) is 1. The van der Waals surface area contributed by atoms with Crippen LogP contribution in [0.4, 0.5) is 5.69 Å². The van der Waals surface area contributed by atoms with Crippen LogP contribution in [0.2, 0.25) is 10.0 Å². The molecule has 7 heteroatoms. The highest BCUT2D eigenvalue weighted by Crippen LogP contribution is 2.39. The minimum absolute atomic E-state index is 0.00336. The molecule has 2 aromatic carbocycles. The number of halogens is 3. The van der Waals surface area contributed by atoms with Gasteiger partial charge in [0.1, 0.15) is 5.75 Å². The van der Waals surface area contributed by atoms with E-state index >= 15 is 0 Å². The lowest BCUT2D eigenvalue weighted by Gasteiger charge is -2.11. The molecule has 0 radical (unpaired) electrons. The lowest BCUT2D eigenvalue weighted by Crippen LogP contribution is -1.96. The molecule has 104 valence electrons. The van der Waals surface area contributed by atoms with E-state index in [-0.39, 0.29) is 16.5 Å². The largest absolute Gasteiger partial charge is 0.448 e. The number of rotatable bonds is 4. The van der Waals surface area contributed by atoms with Crippen LogP contribution in [0.25, 0.3) is 0 Å². The van der Waals surface area contributed by atoms with Gasteiger partial charge in [0.2, 0.25) is 5.75 Å². The number of nitrogens with zero attached hydrogens (tertiary/aromatic N) is 1. The molecular weight excluding hydrogens is 369 g/mol. The van der Waals surface area contributed by atoms with Crippen molar-refractivity contribution in [3.05, 3.63) is 62.1 Å². The van der Waals surface area contributed by atoms with Crippen LogP contribution in [-0.2, 0) is 5.33 Å². The molecule has 0 spiro atoms. The summed E-state index contributed by atoms with van der Waals surface area (Å²) in [6, 6.07) is 9.44. The molecule has 2 aromatic rings. The van der Waals surface area contributed by atoms with E-state index in [2.05, 4.69) is 15.9 Å². The molecular formula is C13H8BrCl2NO3. The minimum atomic E-state index is -0.542. The molecule has 0 bridgehead atoms. The van der Waals surface area contributed by atoms with E-state index in [1.165, 1.54) is 18.2 Å². The van der Waals surface area contributed by atoms with Crippen LogP contribution in [-0.4, -0.2) is 4.92 Å². The standard InChI is InChI=1S/C13H8BrCl2NO3/c14-7-8-4-5-9(15)6-12(8)20-13-10(16)2-1-3-11(13)17(18)19/h1-6H,7H2. The molecule has 0 aliphatic rings. The maximum absolute atomic E-state index is 11.0. The van der Waals surface area contributed by atoms with Gasteiger partial charge in [-0.1, -0.05) is 51.3 Å². The molecule has 0 heterocycles. The van der Waals surface area contributed by atoms with E-state index in [9.17, 15) is 10.1 Å². The first-order valence-corrected chi connectivity index (χ1v) is 7.36. The molecule has 20 heavy (non-hydrogen) atoms. The van der Waals surface area contributed by atoms with Gasteiger partial charge in [-0.25, -0.2) is 0 Å². The quantitative estimate of drug-likeness (QED) is 0.397. The van der Waals surface area contributed by atoms with Crippen molar-refractivity contribution in [2.45, 2.75) is 5.33 Å². The lowest BCUT2D eigenvalue weighted by molar-refractivity contribution is -0.385. The zero-order chi connectivity index (χ0) is 14.7.